The Kier molecular flexibility index (Phi) is 3.57. The molecule has 0 N–H and O–H groups in total. The summed E-state index contributed by atoms with van der Waals surface area (Å²) < 4.78 is 14.8. The highest BCUT2D eigenvalue weighted by atomic mass is 19.1. The lowest BCUT2D eigenvalue weighted by Crippen LogP contribution is -2.23. The van der Waals surface area contributed by atoms with E-state index in [1.54, 1.807) is 22.9 Å². The van der Waals surface area contributed by atoms with Crippen LogP contribution in [0.5, 0.6) is 0 Å². The summed E-state index contributed by atoms with van der Waals surface area (Å²) in [6.45, 7) is 4.27. The van der Waals surface area contributed by atoms with E-state index in [-0.39, 0.29) is 11.4 Å². The maximum Gasteiger partial charge on any atom is 0.254 e. The molecule has 0 bridgehead atoms. The first-order chi connectivity index (χ1) is 10.2. The molecule has 0 fully saturated rings. The van der Waals surface area contributed by atoms with Gasteiger partial charge in [-0.25, -0.2) is 4.39 Å². The van der Waals surface area contributed by atoms with Gasteiger partial charge in [0.25, 0.3) is 5.56 Å². The second kappa shape index (κ2) is 5.52. The minimum absolute atomic E-state index is 0.00768. The Hall–Kier alpha value is -2.42. The van der Waals surface area contributed by atoms with Crippen LogP contribution in [-0.2, 0) is 13.0 Å². The van der Waals surface area contributed by atoms with Crippen molar-refractivity contribution in [3.8, 4) is 0 Å². The summed E-state index contributed by atoms with van der Waals surface area (Å²) in [6, 6.07) is 14.2. The number of rotatable bonds is 3. The van der Waals surface area contributed by atoms with E-state index >= 15 is 0 Å². The molecule has 0 saturated carbocycles. The minimum Gasteiger partial charge on any atom is -0.311 e. The van der Waals surface area contributed by atoms with Crippen LogP contribution in [0, 0.1) is 12.7 Å². The van der Waals surface area contributed by atoms with Gasteiger partial charge in [0.2, 0.25) is 0 Å². The molecule has 0 unspecified atom stereocenters. The molecule has 0 aliphatic rings. The number of hydrogen-bond donors (Lipinski definition) is 0. The number of halogens is 1. The molecule has 1 radical (unpaired) electrons. The number of aromatic nitrogens is 1. The second-order valence-electron chi connectivity index (χ2n) is 5.04. The molecule has 0 spiro atoms. The van der Waals surface area contributed by atoms with Crippen molar-refractivity contribution in [2.45, 2.75) is 13.0 Å². The van der Waals surface area contributed by atoms with Crippen LogP contribution in [0.1, 0.15) is 11.1 Å². The third-order valence-corrected chi connectivity index (χ3v) is 3.59. The molecule has 21 heavy (non-hydrogen) atoms. The molecule has 0 saturated heterocycles. The topological polar surface area (TPSA) is 22.0 Å². The van der Waals surface area contributed by atoms with Gasteiger partial charge in [0.05, 0.1) is 6.54 Å². The summed E-state index contributed by atoms with van der Waals surface area (Å²) in [4.78, 5) is 12.2. The highest BCUT2D eigenvalue weighted by molar-refractivity contribution is 5.83. The fraction of sp³-hybridized carbons (Fsp3) is 0.111. The van der Waals surface area contributed by atoms with Crippen molar-refractivity contribution >= 4 is 10.8 Å². The zero-order valence-electron chi connectivity index (χ0n) is 11.6. The molecule has 0 aliphatic carbocycles. The highest BCUT2D eigenvalue weighted by Crippen LogP contribution is 2.17. The number of fused-ring (bicyclic) bond motifs is 1. The van der Waals surface area contributed by atoms with Gasteiger partial charge >= 0.3 is 0 Å². The van der Waals surface area contributed by atoms with Gasteiger partial charge < -0.3 is 4.57 Å². The van der Waals surface area contributed by atoms with Crippen LogP contribution in [-0.4, -0.2) is 4.57 Å². The van der Waals surface area contributed by atoms with Crippen LogP contribution in [0.25, 0.3) is 10.8 Å². The Labute approximate surface area is 122 Å². The van der Waals surface area contributed by atoms with Crippen molar-refractivity contribution in [2.75, 3.05) is 0 Å². The molecule has 0 atom stereocenters. The number of benzene rings is 2. The summed E-state index contributed by atoms with van der Waals surface area (Å²) in [6.07, 6.45) is 2.26. The zero-order valence-corrected chi connectivity index (χ0v) is 11.6. The van der Waals surface area contributed by atoms with E-state index in [0.29, 0.717) is 18.5 Å². The number of pyridine rings is 1. The maximum atomic E-state index is 13.2. The van der Waals surface area contributed by atoms with Crippen LogP contribution >= 0.6 is 0 Å². The monoisotopic (exact) mass is 280 g/mol. The highest BCUT2D eigenvalue weighted by Gasteiger charge is 2.03. The third kappa shape index (κ3) is 2.72. The average Bonchev–Trinajstić information content (AvgIpc) is 2.49. The summed E-state index contributed by atoms with van der Waals surface area (Å²) in [5.41, 5.74) is 1.71. The molecular weight excluding hydrogens is 265 g/mol. The van der Waals surface area contributed by atoms with E-state index < -0.39 is 0 Å². The minimum atomic E-state index is -0.241. The van der Waals surface area contributed by atoms with Gasteiger partial charge in [-0.15, -0.1) is 0 Å². The van der Waals surface area contributed by atoms with E-state index in [1.807, 2.05) is 24.3 Å². The summed E-state index contributed by atoms with van der Waals surface area (Å²) in [5.74, 6) is -0.241. The lowest BCUT2D eigenvalue weighted by Gasteiger charge is -2.08. The van der Waals surface area contributed by atoms with Gasteiger partial charge in [-0.05, 0) is 53.9 Å². The zero-order chi connectivity index (χ0) is 14.8. The SMILES string of the molecule is [CH2]Cc1cccn(Cc2ccc3cc(F)ccc3c2)c1=O. The normalized spacial score (nSPS) is 11.0. The van der Waals surface area contributed by atoms with E-state index in [1.165, 1.54) is 12.1 Å². The van der Waals surface area contributed by atoms with Crippen molar-refractivity contribution in [3.05, 3.63) is 88.9 Å². The molecule has 3 aromatic rings. The predicted molar refractivity (Wildman–Crippen MR) is 82.8 cm³/mol. The van der Waals surface area contributed by atoms with E-state index in [0.717, 1.165) is 16.3 Å². The van der Waals surface area contributed by atoms with Gasteiger partial charge in [-0.1, -0.05) is 24.3 Å². The average molecular weight is 280 g/mol. The quantitative estimate of drug-likeness (QED) is 0.719. The number of hydrogen-bond acceptors (Lipinski definition) is 1. The van der Waals surface area contributed by atoms with Crippen LogP contribution in [0.3, 0.4) is 0 Å². The second-order valence-corrected chi connectivity index (χ2v) is 5.04. The molecular formula is C18H15FNO. The van der Waals surface area contributed by atoms with Crippen LogP contribution in [0.4, 0.5) is 4.39 Å². The third-order valence-electron chi connectivity index (χ3n) is 3.59. The van der Waals surface area contributed by atoms with Gasteiger partial charge in [0.15, 0.2) is 0 Å². The first-order valence-corrected chi connectivity index (χ1v) is 6.83. The fourth-order valence-corrected chi connectivity index (χ4v) is 2.46. The Balaban J connectivity index is 1.99. The van der Waals surface area contributed by atoms with Gasteiger partial charge in [-0.3, -0.25) is 4.79 Å². The fourth-order valence-electron chi connectivity index (χ4n) is 2.46. The summed E-state index contributed by atoms with van der Waals surface area (Å²) in [7, 11) is 0. The molecule has 1 aromatic heterocycles. The van der Waals surface area contributed by atoms with Crippen molar-refractivity contribution in [3.63, 3.8) is 0 Å². The van der Waals surface area contributed by atoms with Gasteiger partial charge in [0.1, 0.15) is 5.82 Å². The molecule has 2 nitrogen and oxygen atoms in total. The Morgan fingerprint density at radius 1 is 1.05 bits per heavy atom. The molecule has 0 amide bonds. The van der Waals surface area contributed by atoms with Gasteiger partial charge in [0, 0.05) is 11.8 Å². The Morgan fingerprint density at radius 2 is 1.81 bits per heavy atom. The van der Waals surface area contributed by atoms with Crippen LogP contribution in [0.15, 0.2) is 59.5 Å². The predicted octanol–water partition coefficient (Wildman–Crippen LogP) is 3.57. The van der Waals surface area contributed by atoms with Crippen LogP contribution < -0.4 is 5.56 Å². The molecule has 3 heteroatoms. The molecule has 0 aliphatic heterocycles. The molecule has 1 heterocycles. The van der Waals surface area contributed by atoms with Crippen LogP contribution in [0.2, 0.25) is 0 Å². The molecule has 105 valence electrons. The van der Waals surface area contributed by atoms with E-state index in [4.69, 9.17) is 0 Å². The molecule has 3 rings (SSSR count). The number of nitrogens with zero attached hydrogens (tertiary/aromatic N) is 1. The van der Waals surface area contributed by atoms with E-state index in [9.17, 15) is 9.18 Å². The lowest BCUT2D eigenvalue weighted by molar-refractivity contribution is 0.629. The maximum absolute atomic E-state index is 13.2. The first kappa shape index (κ1) is 13.6. The largest absolute Gasteiger partial charge is 0.311 e. The first-order valence-electron chi connectivity index (χ1n) is 6.83. The van der Waals surface area contributed by atoms with Crippen molar-refractivity contribution in [1.29, 1.82) is 0 Å². The van der Waals surface area contributed by atoms with E-state index in [2.05, 4.69) is 6.92 Å². The summed E-state index contributed by atoms with van der Waals surface area (Å²) in [5, 5.41) is 1.83. The summed E-state index contributed by atoms with van der Waals surface area (Å²) >= 11 is 0. The Morgan fingerprint density at radius 3 is 2.62 bits per heavy atom. The van der Waals surface area contributed by atoms with Crippen molar-refractivity contribution in [2.24, 2.45) is 0 Å². The standard InChI is InChI=1S/C18H15FNO/c1-2-14-4-3-9-20(18(14)21)12-13-5-6-16-11-17(19)8-7-15(16)10-13/h3-11H,1-2,12H2. The smallest absolute Gasteiger partial charge is 0.254 e. The Bertz CT molecular complexity index is 851. The molecule has 2 aromatic carbocycles. The lowest BCUT2D eigenvalue weighted by atomic mass is 10.1. The van der Waals surface area contributed by atoms with Crippen molar-refractivity contribution < 1.29 is 4.39 Å². The van der Waals surface area contributed by atoms with Gasteiger partial charge in [-0.2, -0.15) is 0 Å². The van der Waals surface area contributed by atoms with Crippen molar-refractivity contribution in [1.82, 2.24) is 4.57 Å².